The van der Waals surface area contributed by atoms with Crippen LogP contribution in [0.1, 0.15) is 28.9 Å². The number of aromatic nitrogens is 2. The van der Waals surface area contributed by atoms with Crippen LogP contribution in [-0.2, 0) is 0 Å². The van der Waals surface area contributed by atoms with E-state index in [1.807, 2.05) is 11.8 Å². The molecule has 1 aliphatic rings. The lowest BCUT2D eigenvalue weighted by Crippen LogP contribution is -2.41. The molecule has 1 aromatic carbocycles. The summed E-state index contributed by atoms with van der Waals surface area (Å²) in [5, 5.41) is 6.71. The number of nitrogens with zero attached hydrogens (tertiary/aromatic N) is 2. The average molecular weight is 317 g/mol. The smallest absolute Gasteiger partial charge is 0.257 e. The highest BCUT2D eigenvalue weighted by Crippen LogP contribution is 2.21. The fourth-order valence-electron chi connectivity index (χ4n) is 2.87. The van der Waals surface area contributed by atoms with Gasteiger partial charge in [-0.15, -0.1) is 0 Å². The summed E-state index contributed by atoms with van der Waals surface area (Å²) in [5.41, 5.74) is 1.42. The second-order valence-electron chi connectivity index (χ2n) is 5.93. The van der Waals surface area contributed by atoms with Crippen LogP contribution in [-0.4, -0.2) is 40.7 Å². The van der Waals surface area contributed by atoms with E-state index in [0.717, 1.165) is 25.1 Å². The largest absolute Gasteiger partial charge is 0.493 e. The number of nitrogens with one attached hydrogen (secondary N) is 1. The normalized spacial score (nSPS) is 18.0. The Hall–Kier alpha value is -2.37. The van der Waals surface area contributed by atoms with Crippen LogP contribution in [0.3, 0.4) is 0 Å². The molecule has 0 aliphatic carbocycles. The number of aryl methyl sites for hydroxylation is 1. The standard InChI is InChI=1S/C17H20FN3O2/c1-12-16(9-19-20-12)17(22)21-8-2-3-13(10-21)11-23-15-6-4-14(18)5-7-15/h4-7,9,13H,2-3,8,10-11H2,1H3,(H,19,20)/t13-/m1/s1. The summed E-state index contributed by atoms with van der Waals surface area (Å²) in [6, 6.07) is 6.01. The van der Waals surface area contributed by atoms with Gasteiger partial charge in [0.25, 0.3) is 5.91 Å². The number of aromatic amines is 1. The second-order valence-corrected chi connectivity index (χ2v) is 5.93. The second kappa shape index (κ2) is 6.81. The Bertz CT molecular complexity index is 669. The van der Waals surface area contributed by atoms with Crippen LogP contribution in [0.25, 0.3) is 0 Å². The number of piperidine rings is 1. The quantitative estimate of drug-likeness (QED) is 0.943. The summed E-state index contributed by atoms with van der Waals surface area (Å²) >= 11 is 0. The Labute approximate surface area is 134 Å². The van der Waals surface area contributed by atoms with E-state index in [0.29, 0.717) is 24.5 Å². The highest BCUT2D eigenvalue weighted by atomic mass is 19.1. The minimum atomic E-state index is -0.276. The monoisotopic (exact) mass is 317 g/mol. The van der Waals surface area contributed by atoms with Crippen molar-refractivity contribution in [2.45, 2.75) is 19.8 Å². The molecule has 0 radical (unpaired) electrons. The van der Waals surface area contributed by atoms with E-state index in [-0.39, 0.29) is 17.6 Å². The van der Waals surface area contributed by atoms with Gasteiger partial charge in [0.1, 0.15) is 11.6 Å². The number of benzene rings is 1. The van der Waals surface area contributed by atoms with Gasteiger partial charge in [-0.1, -0.05) is 0 Å². The van der Waals surface area contributed by atoms with E-state index in [1.165, 1.54) is 12.1 Å². The van der Waals surface area contributed by atoms with Crippen molar-refractivity contribution >= 4 is 5.91 Å². The van der Waals surface area contributed by atoms with Crippen LogP contribution in [0.2, 0.25) is 0 Å². The summed E-state index contributed by atoms with van der Waals surface area (Å²) in [5.74, 6) is 0.676. The molecular weight excluding hydrogens is 297 g/mol. The molecule has 6 heteroatoms. The third-order valence-electron chi connectivity index (χ3n) is 4.17. The van der Waals surface area contributed by atoms with Gasteiger partial charge in [0.15, 0.2) is 0 Å². The minimum Gasteiger partial charge on any atom is -0.493 e. The molecule has 1 aromatic heterocycles. The average Bonchev–Trinajstić information content (AvgIpc) is 3.00. The molecule has 0 unspecified atom stereocenters. The maximum Gasteiger partial charge on any atom is 0.257 e. The van der Waals surface area contributed by atoms with Crippen molar-refractivity contribution in [2.75, 3.05) is 19.7 Å². The Morgan fingerprint density at radius 2 is 2.22 bits per heavy atom. The molecule has 2 heterocycles. The van der Waals surface area contributed by atoms with Crippen molar-refractivity contribution in [3.63, 3.8) is 0 Å². The number of carbonyl (C=O) groups is 1. The van der Waals surface area contributed by atoms with Crippen LogP contribution >= 0.6 is 0 Å². The predicted octanol–water partition coefficient (Wildman–Crippen LogP) is 2.79. The molecule has 1 N–H and O–H groups in total. The van der Waals surface area contributed by atoms with Gasteiger partial charge in [-0.3, -0.25) is 9.89 Å². The van der Waals surface area contributed by atoms with Crippen LogP contribution < -0.4 is 4.74 Å². The third-order valence-corrected chi connectivity index (χ3v) is 4.17. The molecular formula is C17H20FN3O2. The van der Waals surface area contributed by atoms with Crippen molar-refractivity contribution in [2.24, 2.45) is 5.92 Å². The van der Waals surface area contributed by atoms with Gasteiger partial charge < -0.3 is 9.64 Å². The van der Waals surface area contributed by atoms with Crippen LogP contribution in [0.15, 0.2) is 30.5 Å². The summed E-state index contributed by atoms with van der Waals surface area (Å²) < 4.78 is 18.6. The van der Waals surface area contributed by atoms with Crippen molar-refractivity contribution in [1.29, 1.82) is 0 Å². The number of hydrogen-bond acceptors (Lipinski definition) is 3. The van der Waals surface area contributed by atoms with Crippen molar-refractivity contribution < 1.29 is 13.9 Å². The zero-order chi connectivity index (χ0) is 16.2. The zero-order valence-corrected chi connectivity index (χ0v) is 13.1. The number of rotatable bonds is 4. The summed E-state index contributed by atoms with van der Waals surface area (Å²) in [4.78, 5) is 14.4. The van der Waals surface area contributed by atoms with E-state index < -0.39 is 0 Å². The van der Waals surface area contributed by atoms with Crippen LogP contribution in [0.4, 0.5) is 4.39 Å². The maximum absolute atomic E-state index is 12.9. The Morgan fingerprint density at radius 1 is 1.43 bits per heavy atom. The molecule has 5 nitrogen and oxygen atoms in total. The molecule has 23 heavy (non-hydrogen) atoms. The summed E-state index contributed by atoms with van der Waals surface area (Å²) in [6.45, 7) is 3.81. The first-order chi connectivity index (χ1) is 11.1. The number of carbonyl (C=O) groups excluding carboxylic acids is 1. The number of ether oxygens (including phenoxy) is 1. The van der Waals surface area contributed by atoms with Crippen LogP contribution in [0, 0.1) is 18.7 Å². The van der Waals surface area contributed by atoms with Gasteiger partial charge >= 0.3 is 0 Å². The van der Waals surface area contributed by atoms with Crippen molar-refractivity contribution in [1.82, 2.24) is 15.1 Å². The number of halogens is 1. The Kier molecular flexibility index (Phi) is 4.60. The molecule has 0 saturated carbocycles. The first-order valence-electron chi connectivity index (χ1n) is 7.81. The summed E-state index contributed by atoms with van der Waals surface area (Å²) in [7, 11) is 0. The predicted molar refractivity (Wildman–Crippen MR) is 83.8 cm³/mol. The van der Waals surface area contributed by atoms with E-state index in [1.54, 1.807) is 18.3 Å². The fourth-order valence-corrected chi connectivity index (χ4v) is 2.87. The first kappa shape index (κ1) is 15.5. The van der Waals surface area contributed by atoms with E-state index in [9.17, 15) is 9.18 Å². The number of hydrogen-bond donors (Lipinski definition) is 1. The number of H-pyrrole nitrogens is 1. The van der Waals surface area contributed by atoms with E-state index >= 15 is 0 Å². The number of amides is 1. The highest BCUT2D eigenvalue weighted by Gasteiger charge is 2.26. The Balaban J connectivity index is 1.57. The molecule has 3 rings (SSSR count). The van der Waals surface area contributed by atoms with Gasteiger partial charge in [-0.2, -0.15) is 5.10 Å². The fraction of sp³-hybridized carbons (Fsp3) is 0.412. The zero-order valence-electron chi connectivity index (χ0n) is 13.1. The number of likely N-dealkylation sites (tertiary alicyclic amines) is 1. The summed E-state index contributed by atoms with van der Waals surface area (Å²) in [6.07, 6.45) is 3.56. The molecule has 1 fully saturated rings. The SMILES string of the molecule is Cc1[nH]ncc1C(=O)N1CCC[C@@H](COc2ccc(F)cc2)C1. The lowest BCUT2D eigenvalue weighted by atomic mass is 9.98. The maximum atomic E-state index is 12.9. The molecule has 122 valence electrons. The van der Waals surface area contributed by atoms with Gasteiger partial charge in [0, 0.05) is 24.7 Å². The molecule has 1 atom stereocenters. The van der Waals surface area contributed by atoms with Gasteiger partial charge in [-0.25, -0.2) is 4.39 Å². The van der Waals surface area contributed by atoms with Gasteiger partial charge in [0.2, 0.25) is 0 Å². The Morgan fingerprint density at radius 3 is 2.91 bits per heavy atom. The topological polar surface area (TPSA) is 58.2 Å². The molecule has 2 aromatic rings. The molecule has 0 bridgehead atoms. The van der Waals surface area contributed by atoms with Crippen molar-refractivity contribution in [3.05, 3.63) is 47.5 Å². The minimum absolute atomic E-state index is 0.0164. The third kappa shape index (κ3) is 3.70. The molecule has 1 aliphatic heterocycles. The lowest BCUT2D eigenvalue weighted by molar-refractivity contribution is 0.0632. The first-order valence-corrected chi connectivity index (χ1v) is 7.81. The van der Waals surface area contributed by atoms with Crippen LogP contribution in [0.5, 0.6) is 5.75 Å². The molecule has 1 amide bonds. The molecule has 1 saturated heterocycles. The van der Waals surface area contributed by atoms with Crippen molar-refractivity contribution in [3.8, 4) is 5.75 Å². The van der Waals surface area contributed by atoms with E-state index in [4.69, 9.17) is 4.74 Å². The highest BCUT2D eigenvalue weighted by molar-refractivity contribution is 5.95. The van der Waals surface area contributed by atoms with Gasteiger partial charge in [0.05, 0.1) is 18.4 Å². The lowest BCUT2D eigenvalue weighted by Gasteiger charge is -2.32. The molecule has 0 spiro atoms. The van der Waals surface area contributed by atoms with E-state index in [2.05, 4.69) is 10.2 Å². The van der Waals surface area contributed by atoms with Gasteiger partial charge in [-0.05, 0) is 44.0 Å².